The predicted molar refractivity (Wildman–Crippen MR) is 54.8 cm³/mol. The zero-order valence-electron chi connectivity index (χ0n) is 8.34. The van der Waals surface area contributed by atoms with E-state index >= 15 is 0 Å². The first kappa shape index (κ1) is 8.85. The van der Waals surface area contributed by atoms with Crippen LogP contribution >= 0.6 is 0 Å². The minimum absolute atomic E-state index is 0.896. The molecule has 1 aliphatic carbocycles. The van der Waals surface area contributed by atoms with Crippen LogP contribution in [0.1, 0.15) is 26.2 Å². The topological polar surface area (TPSA) is 36.4 Å². The van der Waals surface area contributed by atoms with E-state index in [0.717, 1.165) is 37.4 Å². The lowest BCUT2D eigenvalue weighted by Gasteiger charge is -2.08. The highest BCUT2D eigenvalue weighted by molar-refractivity contribution is 5.79. The van der Waals surface area contributed by atoms with E-state index in [0.29, 0.717) is 0 Å². The van der Waals surface area contributed by atoms with Gasteiger partial charge in [-0.3, -0.25) is 4.99 Å². The molecule has 2 atom stereocenters. The third-order valence-electron chi connectivity index (χ3n) is 2.96. The molecule has 2 aliphatic rings. The number of hydrogen-bond acceptors (Lipinski definition) is 3. The molecule has 3 heteroatoms. The molecule has 0 bridgehead atoms. The maximum Gasteiger partial charge on any atom is 0.191 e. The normalized spacial score (nSPS) is 32.8. The zero-order chi connectivity index (χ0) is 9.10. The fourth-order valence-electron chi connectivity index (χ4n) is 1.72. The van der Waals surface area contributed by atoms with Crippen LogP contribution < -0.4 is 10.6 Å². The second-order valence-electron chi connectivity index (χ2n) is 4.22. The van der Waals surface area contributed by atoms with Gasteiger partial charge in [-0.05, 0) is 31.1 Å². The van der Waals surface area contributed by atoms with Gasteiger partial charge in [-0.15, -0.1) is 0 Å². The number of nitrogens with zero attached hydrogens (tertiary/aromatic N) is 1. The molecule has 1 heterocycles. The minimum atomic E-state index is 0.896. The van der Waals surface area contributed by atoms with Crippen LogP contribution in [0.2, 0.25) is 0 Å². The summed E-state index contributed by atoms with van der Waals surface area (Å²) >= 11 is 0. The van der Waals surface area contributed by atoms with Crippen LogP contribution in [-0.4, -0.2) is 25.6 Å². The molecule has 74 valence electrons. The highest BCUT2D eigenvalue weighted by atomic mass is 15.2. The van der Waals surface area contributed by atoms with E-state index in [2.05, 4.69) is 22.5 Å². The van der Waals surface area contributed by atoms with Crippen molar-refractivity contribution >= 4 is 5.96 Å². The first-order valence-corrected chi connectivity index (χ1v) is 5.38. The average molecular weight is 181 g/mol. The fourth-order valence-corrected chi connectivity index (χ4v) is 1.72. The molecule has 0 aromatic heterocycles. The van der Waals surface area contributed by atoms with E-state index in [-0.39, 0.29) is 0 Å². The summed E-state index contributed by atoms with van der Waals surface area (Å²) < 4.78 is 0. The Morgan fingerprint density at radius 2 is 2.38 bits per heavy atom. The molecule has 0 aromatic carbocycles. The van der Waals surface area contributed by atoms with Crippen molar-refractivity contribution in [3.63, 3.8) is 0 Å². The maximum absolute atomic E-state index is 4.44. The standard InChI is InChI=1S/C10H19N3/c1-8-6-9(8)7-13-10-11-4-2-3-5-12-10/h8-9H,2-7H2,1H3,(H2,11,12,13). The van der Waals surface area contributed by atoms with Gasteiger partial charge in [0.1, 0.15) is 0 Å². The molecule has 3 nitrogen and oxygen atoms in total. The number of guanidine groups is 1. The van der Waals surface area contributed by atoms with Crippen molar-refractivity contribution in [2.45, 2.75) is 26.2 Å². The van der Waals surface area contributed by atoms with Gasteiger partial charge >= 0.3 is 0 Å². The summed E-state index contributed by atoms with van der Waals surface area (Å²) in [6, 6.07) is 0. The van der Waals surface area contributed by atoms with E-state index < -0.39 is 0 Å². The maximum atomic E-state index is 4.44. The highest BCUT2D eigenvalue weighted by Gasteiger charge is 2.32. The number of aliphatic imine (C=N–C) groups is 1. The van der Waals surface area contributed by atoms with E-state index in [1.54, 1.807) is 0 Å². The fraction of sp³-hybridized carbons (Fsp3) is 0.900. The molecular formula is C10H19N3. The van der Waals surface area contributed by atoms with Crippen LogP contribution in [-0.2, 0) is 0 Å². The minimum Gasteiger partial charge on any atom is -0.356 e. The summed E-state index contributed by atoms with van der Waals surface area (Å²) in [7, 11) is 0. The molecular weight excluding hydrogens is 162 g/mol. The molecule has 0 amide bonds. The Balaban J connectivity index is 1.70. The Morgan fingerprint density at radius 3 is 3.15 bits per heavy atom. The van der Waals surface area contributed by atoms with Crippen molar-refractivity contribution in [2.24, 2.45) is 16.8 Å². The largest absolute Gasteiger partial charge is 0.356 e. The quantitative estimate of drug-likeness (QED) is 0.666. The molecule has 1 fully saturated rings. The Labute approximate surface area is 80.0 Å². The number of rotatable bonds is 2. The number of hydrogen-bond donors (Lipinski definition) is 2. The van der Waals surface area contributed by atoms with Crippen LogP contribution in [0.3, 0.4) is 0 Å². The van der Waals surface area contributed by atoms with Crippen molar-refractivity contribution in [2.75, 3.05) is 19.6 Å². The van der Waals surface area contributed by atoms with Gasteiger partial charge in [0, 0.05) is 19.6 Å². The summed E-state index contributed by atoms with van der Waals surface area (Å²) in [5.41, 5.74) is 0. The molecule has 1 aliphatic heterocycles. The second kappa shape index (κ2) is 3.99. The Morgan fingerprint density at radius 1 is 1.54 bits per heavy atom. The monoisotopic (exact) mass is 181 g/mol. The highest BCUT2D eigenvalue weighted by Crippen LogP contribution is 2.36. The van der Waals surface area contributed by atoms with Gasteiger partial charge in [0.05, 0.1) is 0 Å². The molecule has 2 unspecified atom stereocenters. The molecule has 0 spiro atoms. The lowest BCUT2D eigenvalue weighted by molar-refractivity contribution is 0.693. The van der Waals surface area contributed by atoms with Gasteiger partial charge in [0.15, 0.2) is 5.96 Å². The van der Waals surface area contributed by atoms with Crippen LogP contribution in [0.25, 0.3) is 0 Å². The lowest BCUT2D eigenvalue weighted by atomic mass is 10.3. The van der Waals surface area contributed by atoms with Crippen LogP contribution in [0, 0.1) is 11.8 Å². The van der Waals surface area contributed by atoms with Gasteiger partial charge in [-0.1, -0.05) is 6.92 Å². The van der Waals surface area contributed by atoms with Crippen LogP contribution in [0.5, 0.6) is 0 Å². The zero-order valence-corrected chi connectivity index (χ0v) is 8.34. The summed E-state index contributed by atoms with van der Waals surface area (Å²) in [5.74, 6) is 2.85. The predicted octanol–water partition coefficient (Wildman–Crippen LogP) is 0.971. The molecule has 13 heavy (non-hydrogen) atoms. The Bertz CT molecular complexity index is 200. The van der Waals surface area contributed by atoms with Crippen LogP contribution in [0.4, 0.5) is 0 Å². The van der Waals surface area contributed by atoms with Crippen molar-refractivity contribution in [3.05, 3.63) is 0 Å². The van der Waals surface area contributed by atoms with Crippen LogP contribution in [0.15, 0.2) is 4.99 Å². The van der Waals surface area contributed by atoms with Crippen molar-refractivity contribution in [3.8, 4) is 0 Å². The first-order valence-electron chi connectivity index (χ1n) is 5.38. The average Bonchev–Trinajstić information content (AvgIpc) is 2.85. The molecule has 2 rings (SSSR count). The van der Waals surface area contributed by atoms with Crippen molar-refractivity contribution in [1.82, 2.24) is 10.6 Å². The number of nitrogens with one attached hydrogen (secondary N) is 2. The molecule has 0 saturated heterocycles. The summed E-state index contributed by atoms with van der Waals surface area (Å²) in [6.07, 6.45) is 3.85. The van der Waals surface area contributed by atoms with Gasteiger partial charge in [-0.2, -0.15) is 0 Å². The third-order valence-corrected chi connectivity index (χ3v) is 2.96. The summed E-state index contributed by atoms with van der Waals surface area (Å²) in [5, 5.41) is 6.71. The Kier molecular flexibility index (Phi) is 2.71. The molecule has 0 aromatic rings. The molecule has 2 N–H and O–H groups in total. The first-order chi connectivity index (χ1) is 6.36. The third kappa shape index (κ3) is 2.61. The SMILES string of the molecule is CC1CC1CNC1=NCCCCN1. The summed E-state index contributed by atoms with van der Waals surface area (Å²) in [4.78, 5) is 4.44. The molecule has 0 radical (unpaired) electrons. The van der Waals surface area contributed by atoms with Gasteiger partial charge in [0.2, 0.25) is 0 Å². The van der Waals surface area contributed by atoms with Gasteiger partial charge < -0.3 is 10.6 Å². The van der Waals surface area contributed by atoms with E-state index in [4.69, 9.17) is 0 Å². The second-order valence-corrected chi connectivity index (χ2v) is 4.22. The van der Waals surface area contributed by atoms with Gasteiger partial charge in [0.25, 0.3) is 0 Å². The van der Waals surface area contributed by atoms with Gasteiger partial charge in [-0.25, -0.2) is 0 Å². The Hall–Kier alpha value is -0.730. The smallest absolute Gasteiger partial charge is 0.191 e. The van der Waals surface area contributed by atoms with Crippen molar-refractivity contribution < 1.29 is 0 Å². The van der Waals surface area contributed by atoms with Crippen molar-refractivity contribution in [1.29, 1.82) is 0 Å². The molecule has 1 saturated carbocycles. The summed E-state index contributed by atoms with van der Waals surface area (Å²) in [6.45, 7) is 5.48. The van der Waals surface area contributed by atoms with E-state index in [9.17, 15) is 0 Å². The lowest BCUT2D eigenvalue weighted by Crippen LogP contribution is -2.38. The van der Waals surface area contributed by atoms with E-state index in [1.807, 2.05) is 0 Å². The van der Waals surface area contributed by atoms with E-state index in [1.165, 1.54) is 19.3 Å².